The fourth-order valence-electron chi connectivity index (χ4n) is 6.04. The second-order valence-corrected chi connectivity index (χ2v) is 17.4. The molecule has 0 saturated carbocycles. The minimum absolute atomic E-state index is 0.356. The number of rotatable bonds is 12. The molecule has 0 aliphatic carbocycles. The summed E-state index contributed by atoms with van der Waals surface area (Å²) < 4.78 is 10.5. The summed E-state index contributed by atoms with van der Waals surface area (Å²) in [6.07, 6.45) is 15.3. The van der Waals surface area contributed by atoms with Crippen molar-refractivity contribution >= 4 is 103 Å². The average Bonchev–Trinajstić information content (AvgIpc) is 3.74. The number of benzene rings is 3. The van der Waals surface area contributed by atoms with Crippen LogP contribution in [0.3, 0.4) is 0 Å². The van der Waals surface area contributed by atoms with E-state index in [1.807, 2.05) is 34.0 Å². The van der Waals surface area contributed by atoms with E-state index in [1.54, 1.807) is 6.98 Å². The Morgan fingerprint density at radius 2 is 1.25 bits per heavy atom. The number of aryl methyl sites for hydroxylation is 1. The van der Waals surface area contributed by atoms with E-state index >= 15 is 0 Å². The molecule has 0 unspecified atom stereocenters. The molecule has 0 amide bonds. The van der Waals surface area contributed by atoms with Gasteiger partial charge in [0.25, 0.3) is 0 Å². The molecular weight excluding hydrogens is 656 g/mol. The van der Waals surface area contributed by atoms with Crippen LogP contribution in [0, 0.1) is 0 Å². The molecule has 4 aromatic heterocycles. The number of fused-ring (bicyclic) bond motifs is 7. The molecule has 7 aromatic rings. The van der Waals surface area contributed by atoms with Gasteiger partial charge in [-0.25, -0.2) is 0 Å². The molecule has 4 heterocycles. The first kappa shape index (κ1) is 27.2. The summed E-state index contributed by atoms with van der Waals surface area (Å²) >= 11 is 5.48. The van der Waals surface area contributed by atoms with Gasteiger partial charge in [-0.15, -0.1) is 0 Å². The quantitative estimate of drug-likeness (QED) is 0.0883. The van der Waals surface area contributed by atoms with E-state index in [2.05, 4.69) is 73.0 Å². The van der Waals surface area contributed by atoms with Crippen molar-refractivity contribution in [3.63, 3.8) is 0 Å². The fraction of sp³-hybridized carbons (Fsp3) is 0.333. The molecule has 7 rings (SSSR count). The summed E-state index contributed by atoms with van der Waals surface area (Å²) in [5, 5.41) is 7.99. The Hall–Kier alpha value is -1.67. The second kappa shape index (κ2) is 12.3. The van der Waals surface area contributed by atoms with Gasteiger partial charge in [-0.1, -0.05) is 32.6 Å². The normalized spacial score (nSPS) is 12.2. The fourth-order valence-corrected chi connectivity index (χ4v) is 12.7. The minimum atomic E-state index is -0.356. The summed E-state index contributed by atoms with van der Waals surface area (Å²) in [7, 11) is 0. The van der Waals surface area contributed by atoms with Crippen molar-refractivity contribution in [3.8, 4) is 9.14 Å². The van der Waals surface area contributed by atoms with Gasteiger partial charge in [-0.3, -0.25) is 0 Å². The first-order valence-corrected chi connectivity index (χ1v) is 19.9. The van der Waals surface area contributed by atoms with E-state index in [9.17, 15) is 0 Å². The van der Waals surface area contributed by atoms with Crippen LogP contribution in [-0.4, -0.2) is 20.4 Å². The number of hydrogen-bond acceptors (Lipinski definition) is 3. The van der Waals surface area contributed by atoms with Crippen molar-refractivity contribution in [2.75, 3.05) is 0 Å². The Morgan fingerprint density at radius 3 is 1.98 bits per heavy atom. The molecule has 0 aliphatic rings. The van der Waals surface area contributed by atoms with E-state index in [1.165, 1.54) is 127 Å². The number of thiophene rings is 3. The predicted octanol–water partition coefficient (Wildman–Crippen LogP) is 12.8. The zero-order chi connectivity index (χ0) is 26.9. The van der Waals surface area contributed by atoms with Crippen LogP contribution >= 0.6 is 34.0 Å². The third-order valence-electron chi connectivity index (χ3n) is 8.35. The Labute approximate surface area is 259 Å². The van der Waals surface area contributed by atoms with Crippen molar-refractivity contribution in [1.82, 2.24) is 0 Å². The van der Waals surface area contributed by atoms with Crippen LogP contribution in [0.15, 0.2) is 66.0 Å². The van der Waals surface area contributed by atoms with Crippen LogP contribution in [0.25, 0.3) is 57.6 Å². The first-order valence-electron chi connectivity index (χ1n) is 15.1. The molecule has 40 heavy (non-hydrogen) atoms. The van der Waals surface area contributed by atoms with Gasteiger partial charge >= 0.3 is 229 Å². The zero-order valence-electron chi connectivity index (χ0n) is 23.3. The molecular formula is C36H36S3Te. The molecule has 0 atom stereocenters. The zero-order valence-corrected chi connectivity index (χ0v) is 28.0. The van der Waals surface area contributed by atoms with E-state index in [-0.39, 0.29) is 20.4 Å². The second-order valence-electron chi connectivity index (χ2n) is 11.3. The Bertz CT molecular complexity index is 1890. The van der Waals surface area contributed by atoms with Crippen molar-refractivity contribution in [3.05, 3.63) is 71.6 Å². The maximum absolute atomic E-state index is 2.55. The van der Waals surface area contributed by atoms with Crippen LogP contribution in [0.4, 0.5) is 0 Å². The maximum atomic E-state index is 2.55. The van der Waals surface area contributed by atoms with Gasteiger partial charge in [0.1, 0.15) is 0 Å². The van der Waals surface area contributed by atoms with E-state index in [0.29, 0.717) is 0 Å². The van der Waals surface area contributed by atoms with Crippen LogP contribution < -0.4 is 0 Å². The monoisotopic (exact) mass is 694 g/mol. The van der Waals surface area contributed by atoms with Gasteiger partial charge in [0.05, 0.1) is 0 Å². The first-order chi connectivity index (χ1) is 19.8. The van der Waals surface area contributed by atoms with E-state index < -0.39 is 0 Å². The Balaban J connectivity index is 1.02. The Morgan fingerprint density at radius 1 is 0.600 bits per heavy atom. The van der Waals surface area contributed by atoms with Crippen LogP contribution in [0.1, 0.15) is 76.7 Å². The van der Waals surface area contributed by atoms with Gasteiger partial charge in [0, 0.05) is 0 Å². The number of unbranched alkanes of at least 4 members (excludes halogenated alkanes) is 9. The van der Waals surface area contributed by atoms with E-state index in [0.717, 1.165) is 0 Å². The summed E-state index contributed by atoms with van der Waals surface area (Å²) in [6.45, 7) is 2.30. The van der Waals surface area contributed by atoms with Gasteiger partial charge in [0.2, 0.25) is 0 Å². The Kier molecular flexibility index (Phi) is 8.35. The van der Waals surface area contributed by atoms with Gasteiger partial charge in [-0.05, 0) is 0 Å². The predicted molar refractivity (Wildman–Crippen MR) is 186 cm³/mol. The van der Waals surface area contributed by atoms with Crippen molar-refractivity contribution in [2.45, 2.75) is 77.6 Å². The van der Waals surface area contributed by atoms with Crippen LogP contribution in [0.5, 0.6) is 0 Å². The van der Waals surface area contributed by atoms with Gasteiger partial charge in [0.15, 0.2) is 0 Å². The standard InChI is InChI=1S/C36H36S3Te/c1-2-3-4-5-6-7-8-9-10-11-12-24-13-15-25(16-14-24)33-21-27-20-32-29(23-34(27)40-33)36-35(39-32)28-22-30-26(17-18-37-30)19-31(28)38-36/h13-23H,2-12H2,1H3. The summed E-state index contributed by atoms with van der Waals surface area (Å²) in [5.41, 5.74) is 2.95. The molecule has 0 radical (unpaired) electrons. The van der Waals surface area contributed by atoms with Crippen molar-refractivity contribution in [1.29, 1.82) is 0 Å². The molecule has 0 fully saturated rings. The molecule has 0 bridgehead atoms. The third kappa shape index (κ3) is 5.56. The van der Waals surface area contributed by atoms with E-state index in [4.69, 9.17) is 0 Å². The van der Waals surface area contributed by atoms with Crippen molar-refractivity contribution < 1.29 is 0 Å². The summed E-state index contributed by atoms with van der Waals surface area (Å²) in [5.74, 6) is 0. The molecule has 0 nitrogen and oxygen atoms in total. The topological polar surface area (TPSA) is 0 Å². The molecule has 0 spiro atoms. The van der Waals surface area contributed by atoms with Crippen molar-refractivity contribution in [2.24, 2.45) is 0 Å². The summed E-state index contributed by atoms with van der Waals surface area (Å²) in [4.78, 5) is 0. The molecule has 4 heteroatoms. The van der Waals surface area contributed by atoms with Gasteiger partial charge < -0.3 is 0 Å². The molecule has 0 saturated heterocycles. The van der Waals surface area contributed by atoms with Crippen LogP contribution in [-0.2, 0) is 6.42 Å². The molecule has 3 aromatic carbocycles. The average molecular weight is 692 g/mol. The van der Waals surface area contributed by atoms with Crippen LogP contribution in [0.2, 0.25) is 0 Å². The van der Waals surface area contributed by atoms with Gasteiger partial charge in [-0.2, -0.15) is 0 Å². The molecule has 204 valence electrons. The SMILES string of the molecule is CCCCCCCCCCCCc1ccc(-c2cc3cc4sc5c6cc7sccc7cc6sc5c4cc3[te]2)cc1. The summed E-state index contributed by atoms with van der Waals surface area (Å²) in [6, 6.07) is 24.2. The molecule has 0 aliphatic heterocycles. The number of hydrogen-bond donors (Lipinski definition) is 0. The third-order valence-corrected chi connectivity index (χ3v) is 15.0. The molecule has 0 N–H and O–H groups in total.